The third-order valence-electron chi connectivity index (χ3n) is 3.37. The van der Waals surface area contributed by atoms with E-state index >= 15 is 0 Å². The Labute approximate surface area is 121 Å². The highest BCUT2D eigenvalue weighted by atomic mass is 32.2. The minimum atomic E-state index is -3.50. The van der Waals surface area contributed by atoms with Gasteiger partial charge in [0.1, 0.15) is 6.04 Å². The fraction of sp³-hybridized carbons (Fsp3) is 0.636. The summed E-state index contributed by atoms with van der Waals surface area (Å²) in [6.45, 7) is 4.82. The van der Waals surface area contributed by atoms with Gasteiger partial charge in [-0.25, -0.2) is 13.4 Å². The van der Waals surface area contributed by atoms with Crippen molar-refractivity contribution in [1.82, 2.24) is 14.2 Å². The number of hydrogen-bond acceptors (Lipinski definition) is 6. The van der Waals surface area contributed by atoms with E-state index in [9.17, 15) is 13.2 Å². The molecule has 1 aromatic rings. The number of piperazine rings is 1. The normalized spacial score (nSPS) is 19.9. The van der Waals surface area contributed by atoms with Crippen molar-refractivity contribution in [2.75, 3.05) is 26.2 Å². The molecule has 1 N–H and O–H groups in total. The number of thiazole rings is 1. The summed E-state index contributed by atoms with van der Waals surface area (Å²) in [5.74, 6) is -0.889. The summed E-state index contributed by atoms with van der Waals surface area (Å²) in [5, 5.41) is 9.67. The van der Waals surface area contributed by atoms with Gasteiger partial charge >= 0.3 is 5.97 Å². The molecule has 20 heavy (non-hydrogen) atoms. The molecule has 112 valence electrons. The van der Waals surface area contributed by atoms with Crippen molar-refractivity contribution in [3.63, 3.8) is 0 Å². The van der Waals surface area contributed by atoms with Crippen LogP contribution in [0.4, 0.5) is 0 Å². The molecule has 1 saturated heterocycles. The highest BCUT2D eigenvalue weighted by Gasteiger charge is 2.32. The highest BCUT2D eigenvalue weighted by Crippen LogP contribution is 2.23. The van der Waals surface area contributed by atoms with E-state index < -0.39 is 22.0 Å². The van der Waals surface area contributed by atoms with Crippen molar-refractivity contribution in [2.45, 2.75) is 24.1 Å². The van der Waals surface area contributed by atoms with Gasteiger partial charge < -0.3 is 5.11 Å². The van der Waals surface area contributed by atoms with Gasteiger partial charge in [-0.3, -0.25) is 9.69 Å². The minimum Gasteiger partial charge on any atom is -0.480 e. The van der Waals surface area contributed by atoms with Gasteiger partial charge in [0.15, 0.2) is 4.21 Å². The lowest BCUT2D eigenvalue weighted by Gasteiger charge is -2.35. The molecule has 1 aromatic heterocycles. The lowest BCUT2D eigenvalue weighted by atomic mass is 10.2. The van der Waals surface area contributed by atoms with E-state index in [4.69, 9.17) is 5.11 Å². The standard InChI is InChI=1S/C11H17N3O4S2/c1-8(11(15)16)13-3-5-14(6-4-13)20(17,18)10-7-12-9(2)19-10/h7-8H,3-6H2,1-2H3,(H,15,16). The van der Waals surface area contributed by atoms with E-state index in [-0.39, 0.29) is 4.21 Å². The molecule has 0 aromatic carbocycles. The molecule has 1 fully saturated rings. The number of aliphatic carboxylic acids is 1. The second-order valence-corrected chi connectivity index (χ2v) is 8.05. The molecule has 0 aliphatic carbocycles. The van der Waals surface area contributed by atoms with Gasteiger partial charge in [-0.05, 0) is 13.8 Å². The summed E-state index contributed by atoms with van der Waals surface area (Å²) >= 11 is 1.15. The fourth-order valence-electron chi connectivity index (χ4n) is 2.08. The molecule has 0 radical (unpaired) electrons. The molecule has 7 nitrogen and oxygen atoms in total. The second kappa shape index (κ2) is 5.76. The van der Waals surface area contributed by atoms with Crippen LogP contribution in [0.3, 0.4) is 0 Å². The summed E-state index contributed by atoms with van der Waals surface area (Å²) in [6.07, 6.45) is 1.38. The van der Waals surface area contributed by atoms with Crippen LogP contribution in [0.25, 0.3) is 0 Å². The molecule has 2 rings (SSSR count). The molecule has 1 unspecified atom stereocenters. The zero-order valence-corrected chi connectivity index (χ0v) is 12.9. The number of nitrogens with zero attached hydrogens (tertiary/aromatic N) is 3. The third-order valence-corrected chi connectivity index (χ3v) is 6.62. The summed E-state index contributed by atoms with van der Waals surface area (Å²) < 4.78 is 26.4. The van der Waals surface area contributed by atoms with Crippen LogP contribution in [-0.4, -0.2) is 65.9 Å². The molecule has 2 heterocycles. The van der Waals surface area contributed by atoms with Crippen LogP contribution in [0.1, 0.15) is 11.9 Å². The topological polar surface area (TPSA) is 90.8 Å². The molecule has 9 heteroatoms. The first-order valence-corrected chi connectivity index (χ1v) is 8.47. The van der Waals surface area contributed by atoms with Gasteiger partial charge in [0.05, 0.1) is 11.2 Å². The molecule has 0 saturated carbocycles. The van der Waals surface area contributed by atoms with Gasteiger partial charge in [0.2, 0.25) is 0 Å². The predicted molar refractivity (Wildman–Crippen MR) is 74.3 cm³/mol. The second-order valence-electron chi connectivity index (χ2n) is 4.65. The molecular formula is C11H17N3O4S2. The van der Waals surface area contributed by atoms with E-state index in [0.717, 1.165) is 11.3 Å². The fourth-order valence-corrected chi connectivity index (χ4v) is 4.76. The van der Waals surface area contributed by atoms with Crippen molar-refractivity contribution in [2.24, 2.45) is 0 Å². The van der Waals surface area contributed by atoms with Crippen LogP contribution in [0.2, 0.25) is 0 Å². The van der Waals surface area contributed by atoms with Crippen molar-refractivity contribution >= 4 is 27.3 Å². The average Bonchev–Trinajstić information content (AvgIpc) is 2.85. The molecular weight excluding hydrogens is 302 g/mol. The number of hydrogen-bond donors (Lipinski definition) is 1. The Morgan fingerprint density at radius 2 is 2.00 bits per heavy atom. The van der Waals surface area contributed by atoms with Gasteiger partial charge in [-0.15, -0.1) is 11.3 Å². The molecule has 1 atom stereocenters. The summed E-state index contributed by atoms with van der Waals surface area (Å²) in [5.41, 5.74) is 0. The van der Waals surface area contributed by atoms with E-state index in [1.807, 2.05) is 0 Å². The Hall–Kier alpha value is -1.03. The van der Waals surface area contributed by atoms with Crippen LogP contribution in [0.15, 0.2) is 10.4 Å². The largest absolute Gasteiger partial charge is 0.480 e. The predicted octanol–water partition coefficient (Wildman–Crippen LogP) is 0.231. The Morgan fingerprint density at radius 3 is 2.45 bits per heavy atom. The van der Waals surface area contributed by atoms with E-state index in [0.29, 0.717) is 31.2 Å². The minimum absolute atomic E-state index is 0.245. The van der Waals surface area contributed by atoms with Crippen molar-refractivity contribution in [3.8, 4) is 0 Å². The third kappa shape index (κ3) is 3.00. The Morgan fingerprint density at radius 1 is 1.40 bits per heavy atom. The van der Waals surface area contributed by atoms with Gasteiger partial charge in [-0.2, -0.15) is 4.31 Å². The van der Waals surface area contributed by atoms with Crippen LogP contribution < -0.4 is 0 Å². The summed E-state index contributed by atoms with van der Waals surface area (Å²) in [6, 6.07) is -0.592. The number of aryl methyl sites for hydroxylation is 1. The lowest BCUT2D eigenvalue weighted by molar-refractivity contribution is -0.143. The monoisotopic (exact) mass is 319 g/mol. The first-order chi connectivity index (χ1) is 9.32. The number of rotatable bonds is 4. The maximum Gasteiger partial charge on any atom is 0.320 e. The van der Waals surface area contributed by atoms with Crippen molar-refractivity contribution in [3.05, 3.63) is 11.2 Å². The smallest absolute Gasteiger partial charge is 0.320 e. The van der Waals surface area contributed by atoms with E-state index in [1.165, 1.54) is 10.5 Å². The van der Waals surface area contributed by atoms with Crippen LogP contribution in [0.5, 0.6) is 0 Å². The zero-order valence-electron chi connectivity index (χ0n) is 11.3. The van der Waals surface area contributed by atoms with Crippen LogP contribution in [0, 0.1) is 6.92 Å². The number of carboxylic acids is 1. The number of sulfonamides is 1. The van der Waals surface area contributed by atoms with E-state index in [2.05, 4.69) is 4.98 Å². The molecule has 1 aliphatic rings. The molecule has 0 spiro atoms. The number of aromatic nitrogens is 1. The maximum absolute atomic E-state index is 12.4. The average molecular weight is 319 g/mol. The maximum atomic E-state index is 12.4. The Kier molecular flexibility index (Phi) is 4.43. The van der Waals surface area contributed by atoms with Crippen molar-refractivity contribution < 1.29 is 18.3 Å². The number of carbonyl (C=O) groups is 1. The Balaban J connectivity index is 2.05. The van der Waals surface area contributed by atoms with Gasteiger partial charge in [-0.1, -0.05) is 0 Å². The molecule has 0 bridgehead atoms. The van der Waals surface area contributed by atoms with Crippen molar-refractivity contribution in [1.29, 1.82) is 0 Å². The first kappa shape index (κ1) is 15.4. The van der Waals surface area contributed by atoms with E-state index in [1.54, 1.807) is 18.7 Å². The lowest BCUT2D eigenvalue weighted by Crippen LogP contribution is -2.52. The zero-order chi connectivity index (χ0) is 14.9. The Bertz CT molecular complexity index is 591. The molecule has 0 amide bonds. The summed E-state index contributed by atoms with van der Waals surface area (Å²) in [7, 11) is -3.50. The summed E-state index contributed by atoms with van der Waals surface area (Å²) in [4.78, 5) is 16.7. The van der Waals surface area contributed by atoms with Crippen LogP contribution >= 0.6 is 11.3 Å². The SMILES string of the molecule is Cc1ncc(S(=O)(=O)N2CCN(C(C)C(=O)O)CC2)s1. The number of carboxylic acid groups (broad SMARTS) is 1. The van der Waals surface area contributed by atoms with Gasteiger partial charge in [0, 0.05) is 26.2 Å². The quantitative estimate of drug-likeness (QED) is 0.854. The molecule has 1 aliphatic heterocycles. The first-order valence-electron chi connectivity index (χ1n) is 6.22. The van der Waals surface area contributed by atoms with Crippen LogP contribution in [-0.2, 0) is 14.8 Å². The highest BCUT2D eigenvalue weighted by molar-refractivity contribution is 7.91. The van der Waals surface area contributed by atoms with Gasteiger partial charge in [0.25, 0.3) is 10.0 Å².